The molecular weight excluding hydrogens is 146 g/mol. The lowest BCUT2D eigenvalue weighted by atomic mass is 10.1. The van der Waals surface area contributed by atoms with Gasteiger partial charge in [-0.1, -0.05) is 24.8 Å². The minimum atomic E-state index is 0.714. The summed E-state index contributed by atoms with van der Waals surface area (Å²) in [6.45, 7) is 13.4. The molecule has 1 heteroatoms. The standard InChI is InChI=1S/C11H17N/c1-6-10(8(2)3)7-11(12)9(4)5/h6-7H,2,4,12H2,1,3,5H3/b10-6+,11-7+. The van der Waals surface area contributed by atoms with E-state index in [2.05, 4.69) is 13.2 Å². The molecule has 0 radical (unpaired) electrons. The van der Waals surface area contributed by atoms with E-state index in [1.807, 2.05) is 32.9 Å². The first-order valence-electron chi connectivity index (χ1n) is 3.94. The predicted octanol–water partition coefficient (Wildman–Crippen LogP) is 2.93. The van der Waals surface area contributed by atoms with Crippen molar-refractivity contribution >= 4 is 0 Å². The zero-order valence-corrected chi connectivity index (χ0v) is 8.15. The van der Waals surface area contributed by atoms with Gasteiger partial charge in [0, 0.05) is 5.70 Å². The third-order valence-corrected chi connectivity index (χ3v) is 1.61. The molecule has 0 unspecified atom stereocenters. The van der Waals surface area contributed by atoms with Crippen LogP contribution in [0.3, 0.4) is 0 Å². The van der Waals surface area contributed by atoms with E-state index in [-0.39, 0.29) is 0 Å². The highest BCUT2D eigenvalue weighted by Crippen LogP contribution is 2.11. The molecule has 0 fully saturated rings. The average Bonchev–Trinajstić information content (AvgIpc) is 1.98. The largest absolute Gasteiger partial charge is 0.399 e. The molecule has 2 N–H and O–H groups in total. The molecule has 0 heterocycles. The summed E-state index contributed by atoms with van der Waals surface area (Å²) in [5.74, 6) is 0. The van der Waals surface area contributed by atoms with E-state index in [0.29, 0.717) is 5.70 Å². The maximum absolute atomic E-state index is 5.71. The summed E-state index contributed by atoms with van der Waals surface area (Å²) in [6.07, 6.45) is 3.88. The van der Waals surface area contributed by atoms with Crippen LogP contribution in [-0.2, 0) is 0 Å². The van der Waals surface area contributed by atoms with Gasteiger partial charge in [-0.05, 0) is 38.0 Å². The second-order valence-corrected chi connectivity index (χ2v) is 2.90. The Morgan fingerprint density at radius 2 is 1.67 bits per heavy atom. The molecule has 1 nitrogen and oxygen atoms in total. The number of allylic oxidation sites excluding steroid dienone is 5. The summed E-state index contributed by atoms with van der Waals surface area (Å²) in [4.78, 5) is 0. The van der Waals surface area contributed by atoms with Gasteiger partial charge < -0.3 is 5.73 Å². The zero-order chi connectivity index (χ0) is 9.72. The van der Waals surface area contributed by atoms with E-state index in [1.54, 1.807) is 0 Å². The van der Waals surface area contributed by atoms with E-state index in [1.165, 1.54) is 0 Å². The van der Waals surface area contributed by atoms with Gasteiger partial charge in [0.25, 0.3) is 0 Å². The molecule has 0 aromatic carbocycles. The van der Waals surface area contributed by atoms with E-state index < -0.39 is 0 Å². The molecule has 0 aliphatic rings. The van der Waals surface area contributed by atoms with Crippen LogP contribution in [0.15, 0.2) is 47.7 Å². The lowest BCUT2D eigenvalue weighted by Crippen LogP contribution is -1.98. The topological polar surface area (TPSA) is 26.0 Å². The molecule has 0 aromatic heterocycles. The van der Waals surface area contributed by atoms with Crippen LogP contribution in [0.4, 0.5) is 0 Å². The molecule has 0 spiro atoms. The Labute approximate surface area is 75.0 Å². The van der Waals surface area contributed by atoms with Crippen LogP contribution in [-0.4, -0.2) is 0 Å². The molecule has 66 valence electrons. The fraction of sp³-hybridized carbons (Fsp3) is 0.273. The first kappa shape index (κ1) is 10.8. The summed E-state index contributed by atoms with van der Waals surface area (Å²) in [7, 11) is 0. The van der Waals surface area contributed by atoms with Crippen molar-refractivity contribution in [2.45, 2.75) is 20.8 Å². The molecule has 0 aliphatic carbocycles. The van der Waals surface area contributed by atoms with Gasteiger partial charge >= 0.3 is 0 Å². The first-order chi connectivity index (χ1) is 5.49. The van der Waals surface area contributed by atoms with E-state index in [0.717, 1.165) is 16.7 Å². The smallest absolute Gasteiger partial charge is 0.0343 e. The van der Waals surface area contributed by atoms with Crippen molar-refractivity contribution in [1.29, 1.82) is 0 Å². The molecule has 0 amide bonds. The molecule has 0 saturated carbocycles. The van der Waals surface area contributed by atoms with Crippen LogP contribution in [0.2, 0.25) is 0 Å². The number of hydrogen-bond donors (Lipinski definition) is 1. The van der Waals surface area contributed by atoms with Crippen LogP contribution >= 0.6 is 0 Å². The Morgan fingerprint density at radius 3 is 1.92 bits per heavy atom. The van der Waals surface area contributed by atoms with Crippen molar-refractivity contribution in [3.63, 3.8) is 0 Å². The van der Waals surface area contributed by atoms with Gasteiger partial charge in [-0.25, -0.2) is 0 Å². The zero-order valence-electron chi connectivity index (χ0n) is 8.15. The molecule has 0 bridgehead atoms. The van der Waals surface area contributed by atoms with Crippen molar-refractivity contribution in [2.75, 3.05) is 0 Å². The lowest BCUT2D eigenvalue weighted by molar-refractivity contribution is 1.28. The minimum absolute atomic E-state index is 0.714. The fourth-order valence-electron chi connectivity index (χ4n) is 0.744. The Morgan fingerprint density at radius 1 is 1.17 bits per heavy atom. The SMILES string of the molecule is C=C(C)/C(N)=C\C(=C/C)C(=C)C. The lowest BCUT2D eigenvalue weighted by Gasteiger charge is -2.03. The Kier molecular flexibility index (Phi) is 4.12. The van der Waals surface area contributed by atoms with Gasteiger partial charge in [-0.2, -0.15) is 0 Å². The van der Waals surface area contributed by atoms with Crippen LogP contribution in [0.1, 0.15) is 20.8 Å². The maximum atomic E-state index is 5.71. The van der Waals surface area contributed by atoms with Crippen molar-refractivity contribution in [3.05, 3.63) is 47.7 Å². The van der Waals surface area contributed by atoms with Crippen LogP contribution in [0, 0.1) is 0 Å². The monoisotopic (exact) mass is 163 g/mol. The molecule has 0 aromatic rings. The fourth-order valence-corrected chi connectivity index (χ4v) is 0.744. The molecule has 0 rings (SSSR count). The van der Waals surface area contributed by atoms with Crippen molar-refractivity contribution < 1.29 is 0 Å². The summed E-state index contributed by atoms with van der Waals surface area (Å²) in [5, 5.41) is 0. The summed E-state index contributed by atoms with van der Waals surface area (Å²) in [6, 6.07) is 0. The summed E-state index contributed by atoms with van der Waals surface area (Å²) in [5.41, 5.74) is 9.39. The summed E-state index contributed by atoms with van der Waals surface area (Å²) < 4.78 is 0. The van der Waals surface area contributed by atoms with Crippen LogP contribution < -0.4 is 5.73 Å². The van der Waals surface area contributed by atoms with Crippen molar-refractivity contribution in [2.24, 2.45) is 5.73 Å². The first-order valence-corrected chi connectivity index (χ1v) is 3.94. The Balaban J connectivity index is 4.72. The van der Waals surface area contributed by atoms with Crippen LogP contribution in [0.5, 0.6) is 0 Å². The Hall–Kier alpha value is -1.24. The molecule has 0 atom stereocenters. The van der Waals surface area contributed by atoms with Crippen LogP contribution in [0.25, 0.3) is 0 Å². The maximum Gasteiger partial charge on any atom is 0.0343 e. The van der Waals surface area contributed by atoms with Gasteiger partial charge in [0.1, 0.15) is 0 Å². The van der Waals surface area contributed by atoms with E-state index in [9.17, 15) is 0 Å². The van der Waals surface area contributed by atoms with Gasteiger partial charge in [-0.3, -0.25) is 0 Å². The highest BCUT2D eigenvalue weighted by Gasteiger charge is 1.95. The van der Waals surface area contributed by atoms with Gasteiger partial charge in [0.2, 0.25) is 0 Å². The number of hydrogen-bond acceptors (Lipinski definition) is 1. The third-order valence-electron chi connectivity index (χ3n) is 1.61. The molecule has 0 saturated heterocycles. The van der Waals surface area contributed by atoms with Crippen molar-refractivity contribution in [1.82, 2.24) is 0 Å². The third kappa shape index (κ3) is 3.24. The number of nitrogens with two attached hydrogens (primary N) is 1. The summed E-state index contributed by atoms with van der Waals surface area (Å²) >= 11 is 0. The molecule has 0 aliphatic heterocycles. The Bertz CT molecular complexity index is 254. The highest BCUT2D eigenvalue weighted by molar-refractivity contribution is 5.41. The highest BCUT2D eigenvalue weighted by atomic mass is 14.6. The van der Waals surface area contributed by atoms with Crippen molar-refractivity contribution in [3.8, 4) is 0 Å². The second-order valence-electron chi connectivity index (χ2n) is 2.90. The van der Waals surface area contributed by atoms with Gasteiger partial charge in [-0.15, -0.1) is 0 Å². The van der Waals surface area contributed by atoms with E-state index in [4.69, 9.17) is 5.73 Å². The van der Waals surface area contributed by atoms with Gasteiger partial charge in [0.15, 0.2) is 0 Å². The number of rotatable bonds is 3. The van der Waals surface area contributed by atoms with Gasteiger partial charge in [0.05, 0.1) is 0 Å². The molecule has 12 heavy (non-hydrogen) atoms. The quantitative estimate of drug-likeness (QED) is 0.636. The minimum Gasteiger partial charge on any atom is -0.399 e. The average molecular weight is 163 g/mol. The predicted molar refractivity (Wildman–Crippen MR) is 55.7 cm³/mol. The van der Waals surface area contributed by atoms with E-state index >= 15 is 0 Å². The molecular formula is C11H17N. The normalized spacial score (nSPS) is 12.9. The second kappa shape index (κ2) is 4.60.